The summed E-state index contributed by atoms with van der Waals surface area (Å²) in [5.74, 6) is 0.490. The molecule has 0 fully saturated rings. The quantitative estimate of drug-likeness (QED) is 0.144. The van der Waals surface area contributed by atoms with Crippen molar-refractivity contribution in [3.63, 3.8) is 0 Å². The van der Waals surface area contributed by atoms with Crippen molar-refractivity contribution in [1.82, 2.24) is 0 Å². The predicted molar refractivity (Wildman–Crippen MR) is 119 cm³/mol. The molecular weight excluding hydrogens is 380 g/mol. The van der Waals surface area contributed by atoms with Gasteiger partial charge >= 0.3 is 12.1 Å². The molecule has 0 saturated heterocycles. The number of benzene rings is 2. The van der Waals surface area contributed by atoms with Crippen LogP contribution in [0.5, 0.6) is 11.5 Å². The lowest BCUT2D eigenvalue weighted by atomic mass is 10.0. The van der Waals surface area contributed by atoms with Crippen LogP contribution in [-0.2, 0) is 11.2 Å². The average Bonchev–Trinajstić information content (AvgIpc) is 2.75. The van der Waals surface area contributed by atoms with Crippen molar-refractivity contribution in [2.45, 2.75) is 58.3 Å². The molecule has 2 aromatic carbocycles. The number of ether oxygens (including phenoxy) is 2. The van der Waals surface area contributed by atoms with E-state index in [1.807, 2.05) is 18.2 Å². The first-order chi connectivity index (χ1) is 14.5. The van der Waals surface area contributed by atoms with Gasteiger partial charge in [0.15, 0.2) is 0 Å². The molecule has 0 aliphatic rings. The minimum atomic E-state index is -1.26. The van der Waals surface area contributed by atoms with E-state index >= 15 is 0 Å². The summed E-state index contributed by atoms with van der Waals surface area (Å²) in [7, 11) is 0. The molecule has 0 radical (unpaired) electrons. The van der Waals surface area contributed by atoms with Crippen LogP contribution in [0.15, 0.2) is 67.3 Å². The smallest absolute Gasteiger partial charge is 0.449 e. The summed E-state index contributed by atoms with van der Waals surface area (Å²) in [5.41, 5.74) is 1.24. The van der Waals surface area contributed by atoms with Crippen molar-refractivity contribution in [3.05, 3.63) is 72.8 Å². The van der Waals surface area contributed by atoms with Crippen LogP contribution >= 0.6 is 0 Å². The Morgan fingerprint density at radius 2 is 1.40 bits per heavy atom. The van der Waals surface area contributed by atoms with E-state index in [2.05, 4.69) is 18.2 Å². The van der Waals surface area contributed by atoms with Crippen LogP contribution < -0.4 is 9.47 Å². The zero-order valence-electron chi connectivity index (χ0n) is 17.7. The van der Waals surface area contributed by atoms with Gasteiger partial charge in [0.2, 0.25) is 0 Å². The van der Waals surface area contributed by atoms with E-state index in [9.17, 15) is 9.59 Å². The first-order valence-corrected chi connectivity index (χ1v) is 10.4. The van der Waals surface area contributed by atoms with Crippen LogP contribution in [-0.4, -0.2) is 17.2 Å². The number of esters is 1. The summed E-state index contributed by atoms with van der Waals surface area (Å²) >= 11 is 0. The molecule has 0 atom stereocenters. The van der Waals surface area contributed by atoms with Crippen molar-refractivity contribution in [3.8, 4) is 11.5 Å². The molecule has 0 aliphatic carbocycles. The van der Waals surface area contributed by atoms with Gasteiger partial charge in [-0.1, -0.05) is 82.4 Å². The molecule has 0 heterocycles. The molecule has 162 valence electrons. The third-order valence-corrected chi connectivity index (χ3v) is 4.33. The van der Waals surface area contributed by atoms with Gasteiger partial charge in [-0.3, -0.25) is 0 Å². The van der Waals surface area contributed by atoms with Crippen molar-refractivity contribution >= 4 is 12.1 Å². The molecule has 2 aromatic rings. The van der Waals surface area contributed by atoms with Gasteiger partial charge in [-0.25, -0.2) is 9.59 Å². The molecule has 0 bridgehead atoms. The molecule has 0 aliphatic heterocycles. The van der Waals surface area contributed by atoms with Crippen molar-refractivity contribution < 1.29 is 24.2 Å². The van der Waals surface area contributed by atoms with E-state index in [-0.39, 0.29) is 0 Å². The summed E-state index contributed by atoms with van der Waals surface area (Å²) in [5, 5.41) is 8.48. The lowest BCUT2D eigenvalue weighted by molar-refractivity contribution is -0.128. The monoisotopic (exact) mass is 412 g/mol. The number of rotatable bonds is 11. The van der Waals surface area contributed by atoms with Crippen LogP contribution in [0.3, 0.4) is 0 Å². The fourth-order valence-electron chi connectivity index (χ4n) is 2.76. The van der Waals surface area contributed by atoms with Crippen LogP contribution in [0.2, 0.25) is 0 Å². The van der Waals surface area contributed by atoms with E-state index in [1.54, 1.807) is 36.4 Å². The van der Waals surface area contributed by atoms with Gasteiger partial charge in [-0.15, -0.1) is 0 Å². The number of hydrogen-bond acceptors (Lipinski definition) is 4. The second kappa shape index (κ2) is 15.8. The van der Waals surface area contributed by atoms with Gasteiger partial charge in [0, 0.05) is 6.08 Å². The van der Waals surface area contributed by atoms with E-state index in [1.165, 1.54) is 50.5 Å². The van der Waals surface area contributed by atoms with Gasteiger partial charge in [0.1, 0.15) is 11.5 Å². The van der Waals surface area contributed by atoms with Crippen LogP contribution in [0.1, 0.15) is 57.4 Å². The zero-order chi connectivity index (χ0) is 22.0. The normalized spacial score (nSPS) is 9.77. The summed E-state index contributed by atoms with van der Waals surface area (Å²) in [6.07, 6.45) is 10.1. The lowest BCUT2D eigenvalue weighted by Gasteiger charge is -2.04. The fraction of sp³-hybridized carbons (Fsp3) is 0.360. The topological polar surface area (TPSA) is 72.8 Å². The third-order valence-electron chi connectivity index (χ3n) is 4.33. The number of carbonyl (C=O) groups excluding carboxylic acids is 1. The fourth-order valence-corrected chi connectivity index (χ4v) is 2.76. The van der Waals surface area contributed by atoms with Crippen molar-refractivity contribution in [2.75, 3.05) is 0 Å². The number of carbonyl (C=O) groups is 2. The molecule has 0 unspecified atom stereocenters. The lowest BCUT2D eigenvalue weighted by Crippen LogP contribution is -2.02. The first kappa shape index (κ1) is 25.0. The molecular formula is C25H32O5. The molecule has 30 heavy (non-hydrogen) atoms. The predicted octanol–water partition coefficient (Wildman–Crippen LogP) is 6.81. The molecule has 1 N–H and O–H groups in total. The Labute approximate surface area is 179 Å². The minimum Gasteiger partial charge on any atom is -0.449 e. The van der Waals surface area contributed by atoms with Crippen LogP contribution in [0, 0.1) is 0 Å². The molecule has 0 aromatic heterocycles. The molecule has 0 saturated carbocycles. The average molecular weight is 413 g/mol. The summed E-state index contributed by atoms with van der Waals surface area (Å²) in [6, 6.07) is 16.2. The molecule has 0 amide bonds. The maximum atomic E-state index is 10.6. The maximum absolute atomic E-state index is 10.6. The van der Waals surface area contributed by atoms with E-state index in [0.717, 1.165) is 12.5 Å². The Bertz CT molecular complexity index is 738. The standard InChI is InChI=1S/C16H24O3.C9H8O2/c1-2-3-4-5-6-7-8-9-14-10-12-15(13-11-14)19-16(17)18;1-2-9(10)11-8-6-4-3-5-7-8/h10-13H,2-9H2,1H3,(H,17,18);2-7H,1H2. The highest BCUT2D eigenvalue weighted by Crippen LogP contribution is 2.15. The summed E-state index contributed by atoms with van der Waals surface area (Å²) in [6.45, 7) is 5.52. The van der Waals surface area contributed by atoms with Gasteiger partial charge in [-0.2, -0.15) is 0 Å². The second-order valence-electron chi connectivity index (χ2n) is 6.82. The summed E-state index contributed by atoms with van der Waals surface area (Å²) in [4.78, 5) is 21.0. The largest absolute Gasteiger partial charge is 0.511 e. The number of hydrogen-bond donors (Lipinski definition) is 1. The van der Waals surface area contributed by atoms with E-state index in [0.29, 0.717) is 11.5 Å². The maximum Gasteiger partial charge on any atom is 0.511 e. The zero-order valence-corrected chi connectivity index (χ0v) is 17.7. The highest BCUT2D eigenvalue weighted by Gasteiger charge is 2.00. The Balaban J connectivity index is 0.000000346. The second-order valence-corrected chi connectivity index (χ2v) is 6.82. The highest BCUT2D eigenvalue weighted by atomic mass is 16.7. The molecule has 5 heteroatoms. The Kier molecular flexibility index (Phi) is 13.1. The van der Waals surface area contributed by atoms with Crippen molar-refractivity contribution in [1.29, 1.82) is 0 Å². The molecule has 0 spiro atoms. The third kappa shape index (κ3) is 12.4. The minimum absolute atomic E-state index is 0.385. The Hall–Kier alpha value is -3.08. The Morgan fingerprint density at radius 1 is 0.833 bits per heavy atom. The molecule has 2 rings (SSSR count). The van der Waals surface area contributed by atoms with Gasteiger partial charge in [-0.05, 0) is 42.7 Å². The number of para-hydroxylation sites is 1. The van der Waals surface area contributed by atoms with Crippen LogP contribution in [0.25, 0.3) is 0 Å². The summed E-state index contributed by atoms with van der Waals surface area (Å²) < 4.78 is 9.37. The van der Waals surface area contributed by atoms with Gasteiger partial charge < -0.3 is 14.6 Å². The number of aryl methyl sites for hydroxylation is 1. The van der Waals surface area contributed by atoms with E-state index in [4.69, 9.17) is 9.84 Å². The van der Waals surface area contributed by atoms with E-state index < -0.39 is 12.1 Å². The van der Waals surface area contributed by atoms with Gasteiger partial charge in [0.05, 0.1) is 0 Å². The molecule has 5 nitrogen and oxygen atoms in total. The van der Waals surface area contributed by atoms with Gasteiger partial charge in [0.25, 0.3) is 0 Å². The number of unbranched alkanes of at least 4 members (excludes halogenated alkanes) is 6. The first-order valence-electron chi connectivity index (χ1n) is 10.4. The Morgan fingerprint density at radius 3 is 1.97 bits per heavy atom. The van der Waals surface area contributed by atoms with Crippen molar-refractivity contribution in [2.24, 2.45) is 0 Å². The number of carboxylic acid groups (broad SMARTS) is 1. The highest BCUT2D eigenvalue weighted by molar-refractivity contribution is 5.83. The SMILES string of the molecule is C=CC(=O)Oc1ccccc1.CCCCCCCCCc1ccc(OC(=O)O)cc1. The van der Waals surface area contributed by atoms with Crippen LogP contribution in [0.4, 0.5) is 4.79 Å².